The first-order valence-electron chi connectivity index (χ1n) is 9.34. The third kappa shape index (κ3) is 7.06. The monoisotopic (exact) mass is 372 g/mol. The average molecular weight is 373 g/mol. The number of hydrogen-bond acceptors (Lipinski definition) is 4. The van der Waals surface area contributed by atoms with E-state index in [4.69, 9.17) is 4.74 Å². The van der Waals surface area contributed by atoms with Crippen LogP contribution in [-0.4, -0.2) is 34.1 Å². The van der Waals surface area contributed by atoms with Gasteiger partial charge in [-0.15, -0.1) is 0 Å². The molecule has 1 amide bonds. The highest BCUT2D eigenvalue weighted by Gasteiger charge is 2.25. The van der Waals surface area contributed by atoms with Crippen molar-refractivity contribution < 1.29 is 9.53 Å². The Hall–Kier alpha value is -2.34. The van der Waals surface area contributed by atoms with Gasteiger partial charge in [0, 0.05) is 31.5 Å². The molecule has 2 aromatic rings. The van der Waals surface area contributed by atoms with Gasteiger partial charge in [0.2, 0.25) is 0 Å². The van der Waals surface area contributed by atoms with E-state index >= 15 is 0 Å². The largest absolute Gasteiger partial charge is 0.444 e. The maximum atomic E-state index is 11.9. The maximum Gasteiger partial charge on any atom is 0.407 e. The Kier molecular flexibility index (Phi) is 6.65. The summed E-state index contributed by atoms with van der Waals surface area (Å²) in [5.41, 5.74) is 1.70. The number of hydrogen-bond donors (Lipinski definition) is 2. The smallest absolute Gasteiger partial charge is 0.407 e. The van der Waals surface area contributed by atoms with Gasteiger partial charge in [-0.3, -0.25) is 0 Å². The molecule has 2 rings (SSSR count). The summed E-state index contributed by atoms with van der Waals surface area (Å²) in [6, 6.07) is 10.3. The van der Waals surface area contributed by atoms with Gasteiger partial charge in [-0.1, -0.05) is 32.9 Å². The van der Waals surface area contributed by atoms with Gasteiger partial charge in [-0.05, 0) is 49.9 Å². The van der Waals surface area contributed by atoms with Gasteiger partial charge in [0.1, 0.15) is 5.60 Å². The van der Waals surface area contributed by atoms with Crippen LogP contribution in [-0.2, 0) is 11.3 Å². The number of carbonyl (C=O) groups excluding carboxylic acids is 1. The highest BCUT2D eigenvalue weighted by atomic mass is 16.6. The number of aromatic nitrogens is 2. The van der Waals surface area contributed by atoms with Crippen molar-refractivity contribution in [1.29, 1.82) is 0 Å². The van der Waals surface area contributed by atoms with Gasteiger partial charge in [-0.25, -0.2) is 9.48 Å². The van der Waals surface area contributed by atoms with E-state index in [1.165, 1.54) is 5.56 Å². The van der Waals surface area contributed by atoms with Crippen LogP contribution in [0.4, 0.5) is 4.79 Å². The zero-order chi connectivity index (χ0) is 20.1. The summed E-state index contributed by atoms with van der Waals surface area (Å²) in [5.74, 6) is 0. The van der Waals surface area contributed by atoms with Crippen molar-refractivity contribution in [3.63, 3.8) is 0 Å². The molecule has 2 N–H and O–H groups in total. The van der Waals surface area contributed by atoms with Crippen LogP contribution in [0.1, 0.15) is 47.1 Å². The predicted molar refractivity (Wildman–Crippen MR) is 108 cm³/mol. The Bertz CT molecular complexity index is 710. The fraction of sp³-hybridized carbons (Fsp3) is 0.524. The zero-order valence-corrected chi connectivity index (χ0v) is 17.2. The highest BCUT2D eigenvalue weighted by molar-refractivity contribution is 5.67. The minimum absolute atomic E-state index is 0.00991. The van der Waals surface area contributed by atoms with Gasteiger partial charge < -0.3 is 15.4 Å². The molecule has 27 heavy (non-hydrogen) atoms. The normalized spacial score (nSPS) is 13.3. The van der Waals surface area contributed by atoms with E-state index in [0.717, 1.165) is 12.2 Å². The molecule has 0 radical (unpaired) electrons. The van der Waals surface area contributed by atoms with E-state index in [0.29, 0.717) is 6.54 Å². The lowest BCUT2D eigenvalue weighted by molar-refractivity contribution is 0.0513. The number of benzene rings is 1. The molecule has 1 aromatic carbocycles. The summed E-state index contributed by atoms with van der Waals surface area (Å²) < 4.78 is 7.16. The molecule has 1 aromatic heterocycles. The molecule has 6 nitrogen and oxygen atoms in total. The minimum atomic E-state index is -0.495. The first kappa shape index (κ1) is 21.0. The van der Waals surface area contributed by atoms with E-state index in [2.05, 4.69) is 60.8 Å². The Balaban J connectivity index is 1.91. The summed E-state index contributed by atoms with van der Waals surface area (Å²) in [4.78, 5) is 11.9. The molecule has 0 bridgehead atoms. The lowest BCUT2D eigenvalue weighted by Gasteiger charge is -2.32. The third-order valence-corrected chi connectivity index (χ3v) is 4.15. The van der Waals surface area contributed by atoms with Crippen LogP contribution in [0.15, 0.2) is 42.7 Å². The predicted octanol–water partition coefficient (Wildman–Crippen LogP) is 3.90. The van der Waals surface area contributed by atoms with Crippen molar-refractivity contribution in [2.24, 2.45) is 5.41 Å². The second-order valence-electron chi connectivity index (χ2n) is 8.80. The van der Waals surface area contributed by atoms with Crippen LogP contribution in [0.25, 0.3) is 5.69 Å². The van der Waals surface area contributed by atoms with Crippen LogP contribution >= 0.6 is 0 Å². The van der Waals surface area contributed by atoms with Gasteiger partial charge in [0.15, 0.2) is 0 Å². The molecule has 0 aliphatic carbocycles. The van der Waals surface area contributed by atoms with Gasteiger partial charge in [0.05, 0.1) is 5.69 Å². The lowest BCUT2D eigenvalue weighted by Crippen LogP contribution is -2.49. The fourth-order valence-electron chi connectivity index (χ4n) is 2.61. The van der Waals surface area contributed by atoms with Crippen molar-refractivity contribution in [2.75, 3.05) is 6.54 Å². The SMILES string of the molecule is CC(C)(C)OC(=O)NC[C@H](NCc1ccc(-n2cccn2)cc1)C(C)(C)C. The van der Waals surface area contributed by atoms with Crippen molar-refractivity contribution >= 4 is 6.09 Å². The number of alkyl carbamates (subject to hydrolysis) is 1. The van der Waals surface area contributed by atoms with E-state index in [9.17, 15) is 4.79 Å². The molecule has 0 aliphatic rings. The molecular weight excluding hydrogens is 340 g/mol. The summed E-state index contributed by atoms with van der Waals surface area (Å²) in [6.07, 6.45) is 3.30. The average Bonchev–Trinajstić information content (AvgIpc) is 3.07. The van der Waals surface area contributed by atoms with Crippen LogP contribution in [0, 0.1) is 5.41 Å². The Morgan fingerprint density at radius 2 is 1.81 bits per heavy atom. The number of nitrogens with one attached hydrogen (secondary N) is 2. The molecular formula is C21H32N4O2. The molecule has 0 aliphatic heterocycles. The standard InChI is InChI=1S/C21H32N4O2/c1-20(2,3)18(15-23-19(26)27-21(4,5)6)22-14-16-8-10-17(11-9-16)25-13-7-12-24-25/h7-13,18,22H,14-15H2,1-6H3,(H,23,26)/t18-/m0/s1. The fourth-order valence-corrected chi connectivity index (χ4v) is 2.61. The van der Waals surface area contributed by atoms with Crippen LogP contribution in [0.5, 0.6) is 0 Å². The van der Waals surface area contributed by atoms with Crippen LogP contribution in [0.3, 0.4) is 0 Å². The molecule has 1 heterocycles. The van der Waals surface area contributed by atoms with Crippen molar-refractivity contribution in [3.8, 4) is 5.69 Å². The molecule has 0 unspecified atom stereocenters. The van der Waals surface area contributed by atoms with Crippen molar-refractivity contribution in [3.05, 3.63) is 48.3 Å². The minimum Gasteiger partial charge on any atom is -0.444 e. The molecule has 0 saturated heterocycles. The van der Waals surface area contributed by atoms with E-state index in [1.807, 2.05) is 37.7 Å². The quantitative estimate of drug-likeness (QED) is 0.807. The lowest BCUT2D eigenvalue weighted by atomic mass is 9.86. The topological polar surface area (TPSA) is 68.2 Å². The zero-order valence-electron chi connectivity index (χ0n) is 17.2. The Labute approximate surface area is 162 Å². The summed E-state index contributed by atoms with van der Waals surface area (Å²) in [6.45, 7) is 13.3. The molecule has 0 saturated carbocycles. The van der Waals surface area contributed by atoms with Crippen LogP contribution < -0.4 is 10.6 Å². The summed E-state index contributed by atoms with van der Waals surface area (Å²) >= 11 is 0. The summed E-state index contributed by atoms with van der Waals surface area (Å²) in [7, 11) is 0. The number of nitrogens with zero attached hydrogens (tertiary/aromatic N) is 2. The summed E-state index contributed by atoms with van der Waals surface area (Å²) in [5, 5.41) is 10.7. The van der Waals surface area contributed by atoms with Crippen molar-refractivity contribution in [1.82, 2.24) is 20.4 Å². The molecule has 0 fully saturated rings. The van der Waals surface area contributed by atoms with E-state index in [-0.39, 0.29) is 17.6 Å². The van der Waals surface area contributed by atoms with Gasteiger partial charge in [-0.2, -0.15) is 5.10 Å². The first-order valence-corrected chi connectivity index (χ1v) is 9.34. The number of amides is 1. The van der Waals surface area contributed by atoms with Crippen molar-refractivity contribution in [2.45, 2.75) is 59.7 Å². The molecule has 1 atom stereocenters. The second kappa shape index (κ2) is 8.57. The van der Waals surface area contributed by atoms with Gasteiger partial charge >= 0.3 is 6.09 Å². The molecule has 0 spiro atoms. The first-order chi connectivity index (χ1) is 12.5. The molecule has 6 heteroatoms. The molecule has 148 valence electrons. The Morgan fingerprint density at radius 3 is 2.33 bits per heavy atom. The maximum absolute atomic E-state index is 11.9. The van der Waals surface area contributed by atoms with E-state index < -0.39 is 5.60 Å². The van der Waals surface area contributed by atoms with Crippen LogP contribution in [0.2, 0.25) is 0 Å². The van der Waals surface area contributed by atoms with E-state index in [1.54, 1.807) is 6.20 Å². The number of ether oxygens (including phenoxy) is 1. The van der Waals surface area contributed by atoms with Gasteiger partial charge in [0.25, 0.3) is 0 Å². The second-order valence-corrected chi connectivity index (χ2v) is 8.80. The Morgan fingerprint density at radius 1 is 1.15 bits per heavy atom. The number of carbonyl (C=O) groups is 1. The number of rotatable bonds is 6. The highest BCUT2D eigenvalue weighted by Crippen LogP contribution is 2.20. The third-order valence-electron chi connectivity index (χ3n) is 4.15.